The Labute approximate surface area is 116 Å². The maximum absolute atomic E-state index is 6.27. The van der Waals surface area contributed by atoms with Crippen LogP contribution in [0.3, 0.4) is 0 Å². The molecule has 1 N–H and O–H groups in total. The van der Waals surface area contributed by atoms with Crippen molar-refractivity contribution in [2.24, 2.45) is 0 Å². The highest BCUT2D eigenvalue weighted by atomic mass is 35.5. The fourth-order valence-corrected chi connectivity index (χ4v) is 6.67. The van der Waals surface area contributed by atoms with E-state index in [0.29, 0.717) is 0 Å². The van der Waals surface area contributed by atoms with E-state index in [1.807, 2.05) is 0 Å². The highest BCUT2D eigenvalue weighted by molar-refractivity contribution is 6.96. The zero-order valence-corrected chi connectivity index (χ0v) is 14.1. The van der Waals surface area contributed by atoms with Gasteiger partial charge in [0.15, 0.2) is 8.24 Å². The van der Waals surface area contributed by atoms with Crippen molar-refractivity contribution in [3.05, 3.63) is 22.4 Å². The smallest absolute Gasteiger partial charge is 0.186 e. The van der Waals surface area contributed by atoms with Gasteiger partial charge in [-0.2, -0.15) is 0 Å². The van der Waals surface area contributed by atoms with Gasteiger partial charge in [0.05, 0.1) is 0 Å². The number of halogens is 2. The highest BCUT2D eigenvalue weighted by Crippen LogP contribution is 2.35. The van der Waals surface area contributed by atoms with Gasteiger partial charge in [0, 0.05) is 5.54 Å². The van der Waals surface area contributed by atoms with Gasteiger partial charge in [0.25, 0.3) is 0 Å². The van der Waals surface area contributed by atoms with Gasteiger partial charge in [-0.05, 0) is 41.0 Å². The Hall–Kier alpha value is 0.237. The fourth-order valence-electron chi connectivity index (χ4n) is 2.25. The summed E-state index contributed by atoms with van der Waals surface area (Å²) in [5, 5.41) is 1.41. The molecule has 1 atom stereocenters. The van der Waals surface area contributed by atoms with Gasteiger partial charge in [-0.3, -0.25) is 0 Å². The van der Waals surface area contributed by atoms with Gasteiger partial charge in [-0.1, -0.05) is 29.0 Å². The van der Waals surface area contributed by atoms with Gasteiger partial charge in [0.1, 0.15) is 4.46 Å². The minimum atomic E-state index is -2.01. The SMILES string of the molecule is CC1=C(C)CC([Si](C)(NC(C)(C)C)C(Cl)Cl)=C1. The molecule has 1 unspecified atom stereocenters. The second-order valence-electron chi connectivity index (χ2n) is 6.19. The molecule has 1 aliphatic rings. The summed E-state index contributed by atoms with van der Waals surface area (Å²) in [6, 6.07) is 0. The van der Waals surface area contributed by atoms with Crippen molar-refractivity contribution in [1.29, 1.82) is 0 Å². The van der Waals surface area contributed by atoms with Crippen LogP contribution in [0.1, 0.15) is 41.0 Å². The Morgan fingerprint density at radius 3 is 2.12 bits per heavy atom. The van der Waals surface area contributed by atoms with Crippen LogP contribution in [-0.4, -0.2) is 18.2 Å². The Morgan fingerprint density at radius 2 is 1.82 bits per heavy atom. The fraction of sp³-hybridized carbons (Fsp3) is 0.692. The third kappa shape index (κ3) is 3.60. The molecule has 1 nitrogen and oxygen atoms in total. The van der Waals surface area contributed by atoms with Crippen molar-refractivity contribution in [1.82, 2.24) is 4.98 Å². The summed E-state index contributed by atoms with van der Waals surface area (Å²) in [6.07, 6.45) is 3.30. The lowest BCUT2D eigenvalue weighted by Crippen LogP contribution is -2.62. The molecule has 0 aromatic rings. The zero-order valence-electron chi connectivity index (χ0n) is 11.6. The molecule has 0 radical (unpaired) electrons. The molecule has 0 saturated carbocycles. The van der Waals surface area contributed by atoms with Crippen LogP contribution in [0.2, 0.25) is 6.55 Å². The monoisotopic (exact) mass is 291 g/mol. The first-order chi connectivity index (χ1) is 7.56. The Bertz CT molecular complexity index is 366. The molecule has 17 heavy (non-hydrogen) atoms. The lowest BCUT2D eigenvalue weighted by molar-refractivity contribution is 0.512. The van der Waals surface area contributed by atoms with Crippen LogP contribution in [0.4, 0.5) is 0 Å². The molecule has 1 aliphatic carbocycles. The Morgan fingerprint density at radius 1 is 1.29 bits per heavy atom. The van der Waals surface area contributed by atoms with Crippen LogP contribution in [0, 0.1) is 0 Å². The van der Waals surface area contributed by atoms with E-state index in [1.165, 1.54) is 16.3 Å². The van der Waals surface area contributed by atoms with Crippen molar-refractivity contribution >= 4 is 31.4 Å². The summed E-state index contributed by atoms with van der Waals surface area (Å²) >= 11 is 12.5. The van der Waals surface area contributed by atoms with Crippen molar-refractivity contribution < 1.29 is 0 Å². The predicted octanol–water partition coefficient (Wildman–Crippen LogP) is 4.50. The van der Waals surface area contributed by atoms with Crippen molar-refractivity contribution in [3.8, 4) is 0 Å². The first-order valence-electron chi connectivity index (χ1n) is 6.01. The molecule has 0 fully saturated rings. The third-order valence-corrected chi connectivity index (χ3v) is 9.67. The lowest BCUT2D eigenvalue weighted by atomic mass is 10.1. The number of alkyl halides is 2. The van der Waals surface area contributed by atoms with E-state index in [1.54, 1.807) is 0 Å². The average molecular weight is 292 g/mol. The molecular formula is C13H23Cl2NSi. The first kappa shape index (κ1) is 15.3. The Kier molecular flexibility index (Phi) is 4.57. The number of hydrogen-bond donors (Lipinski definition) is 1. The molecule has 0 amide bonds. The van der Waals surface area contributed by atoms with E-state index in [2.05, 4.69) is 52.2 Å². The summed E-state index contributed by atoms with van der Waals surface area (Å²) in [5.74, 6) is 0. The van der Waals surface area contributed by atoms with Crippen LogP contribution < -0.4 is 4.98 Å². The lowest BCUT2D eigenvalue weighted by Gasteiger charge is -2.38. The van der Waals surface area contributed by atoms with Gasteiger partial charge < -0.3 is 4.98 Å². The van der Waals surface area contributed by atoms with Gasteiger partial charge in [0.2, 0.25) is 0 Å². The summed E-state index contributed by atoms with van der Waals surface area (Å²) < 4.78 is -0.327. The number of hydrogen-bond acceptors (Lipinski definition) is 1. The molecule has 1 rings (SSSR count). The number of nitrogens with one attached hydrogen (secondary N) is 1. The van der Waals surface area contributed by atoms with Gasteiger partial charge in [-0.15, -0.1) is 23.2 Å². The molecular weight excluding hydrogens is 269 g/mol. The van der Waals surface area contributed by atoms with E-state index in [4.69, 9.17) is 23.2 Å². The summed E-state index contributed by atoms with van der Waals surface area (Å²) in [7, 11) is -2.01. The largest absolute Gasteiger partial charge is 0.328 e. The normalized spacial score (nSPS) is 20.9. The maximum atomic E-state index is 6.27. The number of allylic oxidation sites excluding steroid dienone is 4. The first-order valence-corrected chi connectivity index (χ1v) is 9.46. The molecule has 0 aliphatic heterocycles. The van der Waals surface area contributed by atoms with Crippen LogP contribution >= 0.6 is 23.2 Å². The summed E-state index contributed by atoms with van der Waals surface area (Å²) in [5.41, 5.74) is 2.83. The molecule has 0 spiro atoms. The second kappa shape index (κ2) is 5.08. The molecule has 0 bridgehead atoms. The number of rotatable bonds is 3. The van der Waals surface area contributed by atoms with Crippen LogP contribution in [0.5, 0.6) is 0 Å². The Balaban J connectivity index is 3.00. The van der Waals surface area contributed by atoms with Gasteiger partial charge >= 0.3 is 0 Å². The quantitative estimate of drug-likeness (QED) is 0.596. The van der Waals surface area contributed by atoms with Crippen LogP contribution in [-0.2, 0) is 0 Å². The molecule has 0 saturated heterocycles. The van der Waals surface area contributed by atoms with Crippen LogP contribution in [0.25, 0.3) is 0 Å². The van der Waals surface area contributed by atoms with Crippen molar-refractivity contribution in [3.63, 3.8) is 0 Å². The average Bonchev–Trinajstić information content (AvgIpc) is 2.44. The molecule has 0 aromatic heterocycles. The minimum absolute atomic E-state index is 0.0360. The van der Waals surface area contributed by atoms with E-state index in [9.17, 15) is 0 Å². The van der Waals surface area contributed by atoms with E-state index in [-0.39, 0.29) is 10.00 Å². The zero-order chi connectivity index (χ0) is 13.4. The van der Waals surface area contributed by atoms with Crippen LogP contribution in [0.15, 0.2) is 22.4 Å². The van der Waals surface area contributed by atoms with E-state index < -0.39 is 8.24 Å². The van der Waals surface area contributed by atoms with Gasteiger partial charge in [-0.25, -0.2) is 0 Å². The molecule has 4 heteroatoms. The van der Waals surface area contributed by atoms with Crippen molar-refractivity contribution in [2.45, 2.75) is 57.6 Å². The van der Waals surface area contributed by atoms with E-state index in [0.717, 1.165) is 6.42 Å². The maximum Gasteiger partial charge on any atom is 0.186 e. The topological polar surface area (TPSA) is 12.0 Å². The predicted molar refractivity (Wildman–Crippen MR) is 81.1 cm³/mol. The van der Waals surface area contributed by atoms with E-state index >= 15 is 0 Å². The van der Waals surface area contributed by atoms with Crippen molar-refractivity contribution in [2.75, 3.05) is 0 Å². The molecule has 98 valence electrons. The third-order valence-electron chi connectivity index (χ3n) is 3.26. The highest BCUT2D eigenvalue weighted by Gasteiger charge is 2.42. The minimum Gasteiger partial charge on any atom is -0.328 e. The summed E-state index contributed by atoms with van der Waals surface area (Å²) in [4.78, 5) is 3.70. The molecule has 0 heterocycles. The standard InChI is InChI=1S/C13H23Cl2NSi/c1-9-7-11(8-10(9)2)17(6,12(14)15)16-13(3,4)5/h7,12,16H,8H2,1-6H3. The summed E-state index contributed by atoms with van der Waals surface area (Å²) in [6.45, 7) is 13.1. The molecule has 0 aromatic carbocycles. The second-order valence-corrected chi connectivity index (χ2v) is 11.9.